The molecule has 0 saturated carbocycles. The second kappa shape index (κ2) is 6.45. The van der Waals surface area contributed by atoms with Crippen molar-refractivity contribution in [2.24, 2.45) is 11.8 Å². The lowest BCUT2D eigenvalue weighted by atomic mass is 9.98. The van der Waals surface area contributed by atoms with Crippen molar-refractivity contribution in [3.63, 3.8) is 0 Å². The number of rotatable bonds is 5. The lowest BCUT2D eigenvalue weighted by Gasteiger charge is -2.18. The topological polar surface area (TPSA) is 38.0 Å². The van der Waals surface area contributed by atoms with Crippen molar-refractivity contribution < 1.29 is 0 Å². The van der Waals surface area contributed by atoms with Crippen LogP contribution in [0, 0.1) is 5.92 Å². The molecule has 1 aromatic carbocycles. The van der Waals surface area contributed by atoms with Gasteiger partial charge in [-0.2, -0.15) is 0 Å². The Morgan fingerprint density at radius 1 is 1.25 bits per heavy atom. The summed E-state index contributed by atoms with van der Waals surface area (Å²) in [6, 6.07) is 5.98. The average Bonchev–Trinajstić information content (AvgIpc) is 2.22. The third kappa shape index (κ3) is 4.30. The molecule has 0 saturated heterocycles. The van der Waals surface area contributed by atoms with E-state index in [0.717, 1.165) is 18.4 Å². The van der Waals surface area contributed by atoms with Crippen LogP contribution in [-0.2, 0) is 6.42 Å². The molecule has 0 aromatic heterocycles. The van der Waals surface area contributed by atoms with Crippen LogP contribution in [0.1, 0.15) is 25.8 Å². The van der Waals surface area contributed by atoms with Crippen LogP contribution in [0.2, 0.25) is 10.0 Å². The van der Waals surface area contributed by atoms with Gasteiger partial charge in [-0.3, -0.25) is 11.3 Å². The molecule has 0 amide bonds. The number of hydrazine groups is 1. The van der Waals surface area contributed by atoms with Gasteiger partial charge in [0.05, 0.1) is 10.0 Å². The van der Waals surface area contributed by atoms with E-state index in [-0.39, 0.29) is 6.04 Å². The van der Waals surface area contributed by atoms with Crippen LogP contribution in [0.15, 0.2) is 18.2 Å². The van der Waals surface area contributed by atoms with E-state index in [0.29, 0.717) is 16.0 Å². The maximum atomic E-state index is 5.96. The predicted molar refractivity (Wildman–Crippen MR) is 70.7 cm³/mol. The van der Waals surface area contributed by atoms with E-state index in [1.165, 1.54) is 0 Å². The SMILES string of the molecule is CC(C)CC(Cc1ccc(Cl)c(Cl)c1)NN. The monoisotopic (exact) mass is 260 g/mol. The van der Waals surface area contributed by atoms with E-state index in [1.807, 2.05) is 18.2 Å². The fourth-order valence-electron chi connectivity index (χ4n) is 1.73. The molecule has 0 radical (unpaired) electrons. The van der Waals surface area contributed by atoms with Gasteiger partial charge in [0, 0.05) is 6.04 Å². The van der Waals surface area contributed by atoms with Gasteiger partial charge in [-0.15, -0.1) is 0 Å². The molecule has 0 aliphatic carbocycles. The highest BCUT2D eigenvalue weighted by molar-refractivity contribution is 6.42. The van der Waals surface area contributed by atoms with Gasteiger partial charge < -0.3 is 0 Å². The van der Waals surface area contributed by atoms with Crippen molar-refractivity contribution in [3.8, 4) is 0 Å². The summed E-state index contributed by atoms with van der Waals surface area (Å²) in [4.78, 5) is 0. The minimum atomic E-state index is 0.275. The van der Waals surface area contributed by atoms with Gasteiger partial charge in [-0.25, -0.2) is 0 Å². The Bertz CT molecular complexity index is 340. The van der Waals surface area contributed by atoms with E-state index in [9.17, 15) is 0 Å². The average molecular weight is 261 g/mol. The molecule has 0 heterocycles. The van der Waals surface area contributed by atoms with Crippen LogP contribution in [0.5, 0.6) is 0 Å². The van der Waals surface area contributed by atoms with Gasteiger partial charge >= 0.3 is 0 Å². The molecule has 4 heteroatoms. The van der Waals surface area contributed by atoms with Crippen molar-refractivity contribution in [2.75, 3.05) is 0 Å². The maximum absolute atomic E-state index is 5.96. The Labute approximate surface area is 107 Å². The van der Waals surface area contributed by atoms with Crippen LogP contribution in [0.3, 0.4) is 0 Å². The number of nitrogens with one attached hydrogen (secondary N) is 1. The number of hydrogen-bond acceptors (Lipinski definition) is 2. The van der Waals surface area contributed by atoms with Crippen molar-refractivity contribution in [3.05, 3.63) is 33.8 Å². The number of hydrogen-bond donors (Lipinski definition) is 2. The maximum Gasteiger partial charge on any atom is 0.0595 e. The molecular weight excluding hydrogens is 243 g/mol. The second-order valence-corrected chi connectivity index (χ2v) is 5.26. The minimum Gasteiger partial charge on any atom is -0.271 e. The number of nitrogens with two attached hydrogens (primary N) is 1. The molecule has 3 N–H and O–H groups in total. The second-order valence-electron chi connectivity index (χ2n) is 4.45. The summed E-state index contributed by atoms with van der Waals surface area (Å²) in [5.74, 6) is 6.14. The van der Waals surface area contributed by atoms with Crippen LogP contribution in [-0.4, -0.2) is 6.04 Å². The molecule has 0 fully saturated rings. The molecule has 0 spiro atoms. The van der Waals surface area contributed by atoms with Gasteiger partial charge in [-0.1, -0.05) is 43.1 Å². The highest BCUT2D eigenvalue weighted by Gasteiger charge is 2.10. The third-order valence-electron chi connectivity index (χ3n) is 2.46. The lowest BCUT2D eigenvalue weighted by Crippen LogP contribution is -2.37. The molecule has 1 rings (SSSR count). The Kier molecular flexibility index (Phi) is 5.56. The van der Waals surface area contributed by atoms with Gasteiger partial charge in [-0.05, 0) is 36.5 Å². The third-order valence-corrected chi connectivity index (χ3v) is 3.20. The lowest BCUT2D eigenvalue weighted by molar-refractivity contribution is 0.423. The Balaban J connectivity index is 2.66. The van der Waals surface area contributed by atoms with Crippen LogP contribution < -0.4 is 11.3 Å². The molecule has 90 valence electrons. The molecule has 0 aliphatic rings. The Hall–Kier alpha value is -0.280. The molecule has 1 atom stereocenters. The summed E-state index contributed by atoms with van der Waals surface area (Å²) < 4.78 is 0. The molecule has 2 nitrogen and oxygen atoms in total. The summed E-state index contributed by atoms with van der Waals surface area (Å²) in [6.07, 6.45) is 1.91. The van der Waals surface area contributed by atoms with E-state index in [1.54, 1.807) is 0 Å². The summed E-state index contributed by atoms with van der Waals surface area (Å²) in [6.45, 7) is 4.36. The first-order valence-corrected chi connectivity index (χ1v) is 6.18. The first kappa shape index (κ1) is 13.8. The normalized spacial score (nSPS) is 13.1. The van der Waals surface area contributed by atoms with Crippen LogP contribution in [0.4, 0.5) is 0 Å². The summed E-state index contributed by atoms with van der Waals surface area (Å²) in [5, 5.41) is 1.19. The Morgan fingerprint density at radius 3 is 2.44 bits per heavy atom. The zero-order valence-corrected chi connectivity index (χ0v) is 11.1. The molecule has 1 unspecified atom stereocenters. The highest BCUT2D eigenvalue weighted by Crippen LogP contribution is 2.23. The quantitative estimate of drug-likeness (QED) is 0.629. The molecule has 16 heavy (non-hydrogen) atoms. The molecule has 0 bridgehead atoms. The zero-order chi connectivity index (χ0) is 12.1. The van der Waals surface area contributed by atoms with Gasteiger partial charge in [0.2, 0.25) is 0 Å². The number of halogens is 2. The van der Waals surface area contributed by atoms with Crippen molar-refractivity contribution in [2.45, 2.75) is 32.7 Å². The van der Waals surface area contributed by atoms with Crippen LogP contribution in [0.25, 0.3) is 0 Å². The highest BCUT2D eigenvalue weighted by atomic mass is 35.5. The fraction of sp³-hybridized carbons (Fsp3) is 0.500. The van der Waals surface area contributed by atoms with Gasteiger partial charge in [0.1, 0.15) is 0 Å². The fourth-order valence-corrected chi connectivity index (χ4v) is 2.05. The first-order valence-electron chi connectivity index (χ1n) is 5.43. The Morgan fingerprint density at radius 2 is 1.94 bits per heavy atom. The van der Waals surface area contributed by atoms with Gasteiger partial charge in [0.15, 0.2) is 0 Å². The number of benzene rings is 1. The molecular formula is C12H18Cl2N2. The molecule has 0 aliphatic heterocycles. The van der Waals surface area contributed by atoms with Crippen LogP contribution >= 0.6 is 23.2 Å². The van der Waals surface area contributed by atoms with Crippen molar-refractivity contribution >= 4 is 23.2 Å². The van der Waals surface area contributed by atoms with E-state index >= 15 is 0 Å². The zero-order valence-electron chi connectivity index (χ0n) is 9.63. The first-order chi connectivity index (χ1) is 7.52. The summed E-state index contributed by atoms with van der Waals surface area (Å²) in [7, 11) is 0. The molecule has 1 aromatic rings. The minimum absolute atomic E-state index is 0.275. The van der Waals surface area contributed by atoms with E-state index in [2.05, 4.69) is 19.3 Å². The summed E-state index contributed by atoms with van der Waals surface area (Å²) in [5.41, 5.74) is 3.99. The van der Waals surface area contributed by atoms with E-state index in [4.69, 9.17) is 29.0 Å². The van der Waals surface area contributed by atoms with Gasteiger partial charge in [0.25, 0.3) is 0 Å². The summed E-state index contributed by atoms with van der Waals surface area (Å²) >= 11 is 11.8. The largest absolute Gasteiger partial charge is 0.271 e. The van der Waals surface area contributed by atoms with Crippen molar-refractivity contribution in [1.82, 2.24) is 5.43 Å². The standard InChI is InChI=1S/C12H18Cl2N2/c1-8(2)5-10(16-15)6-9-3-4-11(13)12(14)7-9/h3-4,7-8,10,16H,5-6,15H2,1-2H3. The predicted octanol–water partition coefficient (Wildman–Crippen LogP) is 3.41. The van der Waals surface area contributed by atoms with E-state index < -0.39 is 0 Å². The van der Waals surface area contributed by atoms with Crippen molar-refractivity contribution in [1.29, 1.82) is 0 Å². The smallest absolute Gasteiger partial charge is 0.0595 e.